The van der Waals surface area contributed by atoms with E-state index in [1.54, 1.807) is 13.2 Å². The molecule has 1 atom stereocenters. The summed E-state index contributed by atoms with van der Waals surface area (Å²) in [6.07, 6.45) is 7.89. The Balaban J connectivity index is 1.54. The largest absolute Gasteiger partial charge is 0.497 e. The molecule has 4 nitrogen and oxygen atoms in total. The normalized spacial score (nSPS) is 23.2. The predicted molar refractivity (Wildman–Crippen MR) is 85.7 cm³/mol. The number of carbonyl (C=O) groups is 1. The Bertz CT molecular complexity index is 544. The Hall–Kier alpha value is -1.81. The summed E-state index contributed by atoms with van der Waals surface area (Å²) in [5.41, 5.74) is 1.28. The number of amides is 1. The molecule has 0 aromatic heterocycles. The second-order valence-corrected chi connectivity index (χ2v) is 6.18. The van der Waals surface area contributed by atoms with E-state index in [9.17, 15) is 4.79 Å². The molecule has 1 heterocycles. The van der Waals surface area contributed by atoms with Crippen LogP contribution in [0.4, 0.5) is 0 Å². The highest BCUT2D eigenvalue weighted by molar-refractivity contribution is 5.92. The fourth-order valence-electron chi connectivity index (χ4n) is 3.41. The SMILES string of the molecule is COc1ccc(/C=C/C(=O)NC2CCC23CCOCC3)cc1. The first kappa shape index (κ1) is 15.1. The van der Waals surface area contributed by atoms with E-state index in [0.29, 0.717) is 11.5 Å². The average molecular weight is 301 g/mol. The minimum Gasteiger partial charge on any atom is -0.497 e. The molecule has 2 aliphatic rings. The molecule has 0 radical (unpaired) electrons. The van der Waals surface area contributed by atoms with Gasteiger partial charge >= 0.3 is 0 Å². The van der Waals surface area contributed by atoms with Crippen LogP contribution in [0.3, 0.4) is 0 Å². The molecule has 0 bridgehead atoms. The number of nitrogens with one attached hydrogen (secondary N) is 1. The number of methoxy groups -OCH3 is 1. The van der Waals surface area contributed by atoms with Crippen molar-refractivity contribution in [2.75, 3.05) is 20.3 Å². The smallest absolute Gasteiger partial charge is 0.244 e. The molecule has 1 spiro atoms. The Labute approximate surface area is 131 Å². The molecule has 22 heavy (non-hydrogen) atoms. The fourth-order valence-corrected chi connectivity index (χ4v) is 3.41. The first-order valence-electron chi connectivity index (χ1n) is 7.92. The lowest BCUT2D eigenvalue weighted by atomic mass is 9.60. The van der Waals surface area contributed by atoms with Crippen molar-refractivity contribution >= 4 is 12.0 Å². The monoisotopic (exact) mass is 301 g/mol. The van der Waals surface area contributed by atoms with Crippen LogP contribution in [-0.2, 0) is 9.53 Å². The highest BCUT2D eigenvalue weighted by Crippen LogP contribution is 2.48. The van der Waals surface area contributed by atoms with Crippen molar-refractivity contribution in [2.45, 2.75) is 31.7 Å². The standard InChI is InChI=1S/C18H23NO3/c1-21-15-5-2-14(3-6-15)4-7-17(20)19-16-8-9-18(16)10-12-22-13-11-18/h2-7,16H,8-13H2,1H3,(H,19,20)/b7-4+. The second kappa shape index (κ2) is 6.53. The molecule has 1 N–H and O–H groups in total. The topological polar surface area (TPSA) is 47.6 Å². The van der Waals surface area contributed by atoms with Crippen molar-refractivity contribution < 1.29 is 14.3 Å². The van der Waals surface area contributed by atoms with Crippen LogP contribution < -0.4 is 10.1 Å². The van der Waals surface area contributed by atoms with Crippen LogP contribution in [0.5, 0.6) is 5.75 Å². The summed E-state index contributed by atoms with van der Waals surface area (Å²) < 4.78 is 10.6. The molecule has 1 saturated heterocycles. The maximum Gasteiger partial charge on any atom is 0.244 e. The van der Waals surface area contributed by atoms with Crippen molar-refractivity contribution in [1.29, 1.82) is 0 Å². The van der Waals surface area contributed by atoms with Gasteiger partial charge in [-0.3, -0.25) is 4.79 Å². The third-order valence-corrected chi connectivity index (χ3v) is 5.02. The zero-order valence-corrected chi connectivity index (χ0v) is 13.0. The minimum absolute atomic E-state index is 0.00798. The van der Waals surface area contributed by atoms with E-state index in [1.807, 2.05) is 30.3 Å². The molecular weight excluding hydrogens is 278 g/mol. The quantitative estimate of drug-likeness (QED) is 0.870. The van der Waals surface area contributed by atoms with Gasteiger partial charge in [-0.1, -0.05) is 12.1 Å². The molecule has 4 heteroatoms. The molecule has 1 aromatic carbocycles. The van der Waals surface area contributed by atoms with Crippen LogP contribution in [0.15, 0.2) is 30.3 Å². The maximum atomic E-state index is 12.1. The Morgan fingerprint density at radius 2 is 2.00 bits per heavy atom. The molecule has 1 saturated carbocycles. The Kier molecular flexibility index (Phi) is 4.48. The summed E-state index contributed by atoms with van der Waals surface area (Å²) in [5.74, 6) is 0.809. The van der Waals surface area contributed by atoms with Gasteiger partial charge in [-0.05, 0) is 54.9 Å². The molecule has 1 amide bonds. The third-order valence-electron chi connectivity index (χ3n) is 5.02. The number of ether oxygens (including phenoxy) is 2. The average Bonchev–Trinajstić information content (AvgIpc) is 2.58. The molecule has 118 valence electrons. The van der Waals surface area contributed by atoms with Gasteiger partial charge in [0.05, 0.1) is 7.11 Å². The fraction of sp³-hybridized carbons (Fsp3) is 0.500. The van der Waals surface area contributed by atoms with Gasteiger partial charge in [0.1, 0.15) is 5.75 Å². The molecule has 1 aliphatic heterocycles. The summed E-state index contributed by atoms with van der Waals surface area (Å²) in [7, 11) is 1.64. The molecule has 3 rings (SSSR count). The van der Waals surface area contributed by atoms with Crippen LogP contribution in [0, 0.1) is 5.41 Å². The lowest BCUT2D eigenvalue weighted by molar-refractivity contribution is -0.122. The Morgan fingerprint density at radius 3 is 2.59 bits per heavy atom. The molecule has 1 aliphatic carbocycles. The third kappa shape index (κ3) is 3.17. The number of hydrogen-bond donors (Lipinski definition) is 1. The van der Waals surface area contributed by atoms with Gasteiger partial charge in [0.15, 0.2) is 0 Å². The zero-order valence-electron chi connectivity index (χ0n) is 13.0. The second-order valence-electron chi connectivity index (χ2n) is 6.18. The molecule has 1 aromatic rings. The van der Waals surface area contributed by atoms with Crippen molar-refractivity contribution in [3.05, 3.63) is 35.9 Å². The van der Waals surface area contributed by atoms with Crippen LogP contribution in [0.1, 0.15) is 31.2 Å². The van der Waals surface area contributed by atoms with Crippen LogP contribution in [0.2, 0.25) is 0 Å². The summed E-state index contributed by atoms with van der Waals surface area (Å²) in [6.45, 7) is 1.65. The highest BCUT2D eigenvalue weighted by Gasteiger charge is 2.47. The summed E-state index contributed by atoms with van der Waals surface area (Å²) >= 11 is 0. The summed E-state index contributed by atoms with van der Waals surface area (Å²) in [6, 6.07) is 7.96. The minimum atomic E-state index is -0.00798. The molecular formula is C18H23NO3. The van der Waals surface area contributed by atoms with Gasteiger partial charge < -0.3 is 14.8 Å². The zero-order chi connectivity index (χ0) is 15.4. The summed E-state index contributed by atoms with van der Waals surface area (Å²) in [5, 5.41) is 3.16. The first-order chi connectivity index (χ1) is 10.7. The van der Waals surface area contributed by atoms with Crippen molar-refractivity contribution in [3.8, 4) is 5.75 Å². The maximum absolute atomic E-state index is 12.1. The van der Waals surface area contributed by atoms with E-state index in [1.165, 1.54) is 6.42 Å². The highest BCUT2D eigenvalue weighted by atomic mass is 16.5. The van der Waals surface area contributed by atoms with Crippen LogP contribution in [-0.4, -0.2) is 32.3 Å². The first-order valence-corrected chi connectivity index (χ1v) is 7.92. The van der Waals surface area contributed by atoms with E-state index < -0.39 is 0 Å². The predicted octanol–water partition coefficient (Wildman–Crippen LogP) is 2.78. The number of benzene rings is 1. The van der Waals surface area contributed by atoms with Gasteiger partial charge in [0.25, 0.3) is 0 Å². The number of hydrogen-bond acceptors (Lipinski definition) is 3. The lowest BCUT2D eigenvalue weighted by Crippen LogP contribution is -2.56. The Morgan fingerprint density at radius 1 is 1.27 bits per heavy atom. The van der Waals surface area contributed by atoms with Crippen molar-refractivity contribution in [1.82, 2.24) is 5.32 Å². The van der Waals surface area contributed by atoms with Gasteiger partial charge in [0.2, 0.25) is 5.91 Å². The molecule has 2 fully saturated rings. The van der Waals surface area contributed by atoms with Crippen molar-refractivity contribution in [3.63, 3.8) is 0 Å². The van der Waals surface area contributed by atoms with Crippen molar-refractivity contribution in [2.24, 2.45) is 5.41 Å². The molecule has 1 unspecified atom stereocenters. The van der Waals surface area contributed by atoms with Gasteiger partial charge in [-0.25, -0.2) is 0 Å². The lowest BCUT2D eigenvalue weighted by Gasteiger charge is -2.51. The van der Waals surface area contributed by atoms with E-state index in [0.717, 1.165) is 43.8 Å². The van der Waals surface area contributed by atoms with E-state index in [-0.39, 0.29) is 5.91 Å². The van der Waals surface area contributed by atoms with Gasteiger partial charge in [-0.15, -0.1) is 0 Å². The van der Waals surface area contributed by atoms with E-state index >= 15 is 0 Å². The van der Waals surface area contributed by atoms with E-state index in [2.05, 4.69) is 5.32 Å². The number of rotatable bonds is 4. The number of carbonyl (C=O) groups excluding carboxylic acids is 1. The van der Waals surface area contributed by atoms with E-state index in [4.69, 9.17) is 9.47 Å². The summed E-state index contributed by atoms with van der Waals surface area (Å²) in [4.78, 5) is 12.1. The van der Waals surface area contributed by atoms with Crippen LogP contribution >= 0.6 is 0 Å². The van der Waals surface area contributed by atoms with Gasteiger partial charge in [-0.2, -0.15) is 0 Å². The van der Waals surface area contributed by atoms with Crippen LogP contribution in [0.25, 0.3) is 6.08 Å². The van der Waals surface area contributed by atoms with Gasteiger partial charge in [0, 0.05) is 25.3 Å².